The molecule has 164 valence electrons. The average molecular weight is 451 g/mol. The van der Waals surface area contributed by atoms with Crippen molar-refractivity contribution in [3.63, 3.8) is 0 Å². The third-order valence-electron chi connectivity index (χ3n) is 5.15. The fourth-order valence-electron chi connectivity index (χ4n) is 3.50. The smallest absolute Gasteiger partial charge is 0.286 e. The van der Waals surface area contributed by atoms with E-state index in [4.69, 9.17) is 4.74 Å². The van der Waals surface area contributed by atoms with Gasteiger partial charge in [0, 0.05) is 49.6 Å². The molecule has 0 N–H and O–H groups in total. The highest BCUT2D eigenvalue weighted by atomic mass is 32.2. The van der Waals surface area contributed by atoms with E-state index in [1.165, 1.54) is 23.9 Å². The summed E-state index contributed by atoms with van der Waals surface area (Å²) < 4.78 is 5.68. The molecule has 1 saturated heterocycles. The summed E-state index contributed by atoms with van der Waals surface area (Å²) in [5, 5.41) is 11.5. The number of nitro benzene ring substituents is 1. The predicted octanol–water partition coefficient (Wildman–Crippen LogP) is 3.95. The zero-order valence-corrected chi connectivity index (χ0v) is 18.2. The van der Waals surface area contributed by atoms with Crippen LogP contribution in [-0.4, -0.2) is 53.7 Å². The Labute approximate surface area is 190 Å². The van der Waals surface area contributed by atoms with Gasteiger partial charge in [0.1, 0.15) is 12.4 Å². The molecule has 2 aromatic rings. The maximum absolute atomic E-state index is 12.5. The summed E-state index contributed by atoms with van der Waals surface area (Å²) in [7, 11) is 0. The molecule has 0 unspecified atom stereocenters. The van der Waals surface area contributed by atoms with Crippen LogP contribution in [0, 0.1) is 10.1 Å². The number of benzene rings is 2. The molecule has 2 aromatic carbocycles. The minimum atomic E-state index is -0.400. The minimum Gasteiger partial charge on any atom is -0.489 e. The molecule has 9 heteroatoms. The first kappa shape index (κ1) is 21.6. The molecule has 4 rings (SSSR count). The van der Waals surface area contributed by atoms with Crippen molar-refractivity contribution in [2.45, 2.75) is 0 Å². The topological polar surface area (TPSA) is 88.3 Å². The van der Waals surface area contributed by atoms with E-state index in [-0.39, 0.29) is 11.6 Å². The highest BCUT2D eigenvalue weighted by Crippen LogP contribution is 2.33. The highest BCUT2D eigenvalue weighted by Gasteiger charge is 2.29. The largest absolute Gasteiger partial charge is 0.489 e. The van der Waals surface area contributed by atoms with Gasteiger partial charge in [0.15, 0.2) is 5.17 Å². The first-order chi connectivity index (χ1) is 15.5. The summed E-state index contributed by atoms with van der Waals surface area (Å²) in [6, 6.07) is 14.1. The van der Waals surface area contributed by atoms with Gasteiger partial charge in [-0.05, 0) is 36.0 Å². The molecule has 8 nitrogen and oxygen atoms in total. The van der Waals surface area contributed by atoms with Crippen LogP contribution >= 0.6 is 11.8 Å². The first-order valence-electron chi connectivity index (χ1n) is 10.1. The Morgan fingerprint density at radius 1 is 1.09 bits per heavy atom. The number of carbonyl (C=O) groups is 1. The molecule has 0 aromatic heterocycles. The van der Waals surface area contributed by atoms with Gasteiger partial charge in [0.05, 0.1) is 9.83 Å². The van der Waals surface area contributed by atoms with E-state index < -0.39 is 4.92 Å². The lowest BCUT2D eigenvalue weighted by molar-refractivity contribution is -0.384. The number of thioether (sulfide) groups is 1. The number of nitro groups is 1. The summed E-state index contributed by atoms with van der Waals surface area (Å²) in [5.74, 6) is 0.444. The molecule has 0 spiro atoms. The molecular formula is C23H22N4O4S. The Kier molecular flexibility index (Phi) is 6.55. The summed E-state index contributed by atoms with van der Waals surface area (Å²) in [4.78, 5) is 32.0. The number of non-ortho nitro benzene ring substituents is 1. The summed E-state index contributed by atoms with van der Waals surface area (Å²) in [5.41, 5.74) is 1.85. The Hall–Kier alpha value is -3.59. The zero-order valence-electron chi connectivity index (χ0n) is 17.3. The predicted molar refractivity (Wildman–Crippen MR) is 127 cm³/mol. The second kappa shape index (κ2) is 9.69. The van der Waals surface area contributed by atoms with Gasteiger partial charge in [-0.15, -0.1) is 0 Å². The van der Waals surface area contributed by atoms with Crippen LogP contribution in [0.1, 0.15) is 5.56 Å². The Balaban J connectivity index is 1.39. The van der Waals surface area contributed by atoms with E-state index in [9.17, 15) is 14.9 Å². The normalized spacial score (nSPS) is 17.4. The number of hydrogen-bond donors (Lipinski definition) is 0. The van der Waals surface area contributed by atoms with Crippen LogP contribution in [0.3, 0.4) is 0 Å². The van der Waals surface area contributed by atoms with Gasteiger partial charge in [0.25, 0.3) is 11.6 Å². The zero-order chi connectivity index (χ0) is 22.5. The van der Waals surface area contributed by atoms with E-state index in [1.54, 1.807) is 18.2 Å². The molecule has 0 saturated carbocycles. The third kappa shape index (κ3) is 4.83. The van der Waals surface area contributed by atoms with E-state index in [0.717, 1.165) is 24.3 Å². The SMILES string of the molecule is C=CCOc1ccccc1/C=C1/SC(N2CCN(c3ccc([N+](=O)[O-])cc3)CC2)=NC1=O. The fourth-order valence-corrected chi connectivity index (χ4v) is 4.45. The van der Waals surface area contributed by atoms with Crippen LogP contribution in [0.2, 0.25) is 0 Å². The van der Waals surface area contributed by atoms with Crippen molar-refractivity contribution in [2.24, 2.45) is 4.99 Å². The molecule has 0 aliphatic carbocycles. The Bertz CT molecular complexity index is 1090. The first-order valence-corrected chi connectivity index (χ1v) is 11.0. The van der Waals surface area contributed by atoms with Gasteiger partial charge in [-0.1, -0.05) is 30.9 Å². The molecule has 0 radical (unpaired) electrons. The number of aliphatic imine (C=N–C) groups is 1. The lowest BCUT2D eigenvalue weighted by atomic mass is 10.2. The van der Waals surface area contributed by atoms with Gasteiger partial charge in [-0.25, -0.2) is 0 Å². The van der Waals surface area contributed by atoms with Crippen molar-refractivity contribution in [1.82, 2.24) is 4.90 Å². The number of piperazine rings is 1. The summed E-state index contributed by atoms with van der Waals surface area (Å²) >= 11 is 1.37. The fraction of sp³-hybridized carbons (Fsp3) is 0.217. The molecule has 0 bridgehead atoms. The molecule has 32 heavy (non-hydrogen) atoms. The second-order valence-corrected chi connectivity index (χ2v) is 8.20. The Morgan fingerprint density at radius 3 is 2.47 bits per heavy atom. The van der Waals surface area contributed by atoms with E-state index in [1.807, 2.05) is 30.3 Å². The van der Waals surface area contributed by atoms with Crippen molar-refractivity contribution < 1.29 is 14.5 Å². The highest BCUT2D eigenvalue weighted by molar-refractivity contribution is 8.18. The maximum atomic E-state index is 12.5. The van der Waals surface area contributed by atoms with Gasteiger partial charge in [-0.3, -0.25) is 14.9 Å². The van der Waals surface area contributed by atoms with Gasteiger partial charge in [-0.2, -0.15) is 4.99 Å². The maximum Gasteiger partial charge on any atom is 0.286 e. The molecule has 2 heterocycles. The standard InChI is InChI=1S/C23H22N4O4S/c1-2-15-31-20-6-4-3-5-17(20)16-21-22(28)24-23(32-21)26-13-11-25(12-14-26)18-7-9-19(10-8-18)27(29)30/h2-10,16H,1,11-15H2/b21-16+. The molecule has 2 aliphatic heterocycles. The van der Waals surface area contributed by atoms with E-state index in [2.05, 4.69) is 21.4 Å². The van der Waals surface area contributed by atoms with E-state index >= 15 is 0 Å². The average Bonchev–Trinajstić information content (AvgIpc) is 3.19. The van der Waals surface area contributed by atoms with Crippen LogP contribution in [0.4, 0.5) is 11.4 Å². The van der Waals surface area contributed by atoms with Gasteiger partial charge in [0.2, 0.25) is 0 Å². The number of carbonyl (C=O) groups excluding carboxylic acids is 1. The number of hydrogen-bond acceptors (Lipinski definition) is 7. The van der Waals surface area contributed by atoms with Crippen molar-refractivity contribution >= 4 is 40.3 Å². The molecular weight excluding hydrogens is 428 g/mol. The van der Waals surface area contributed by atoms with Crippen molar-refractivity contribution in [2.75, 3.05) is 37.7 Å². The van der Waals surface area contributed by atoms with Crippen LogP contribution in [0.25, 0.3) is 6.08 Å². The summed E-state index contributed by atoms with van der Waals surface area (Å²) in [6.45, 7) is 6.96. The lowest BCUT2D eigenvalue weighted by Crippen LogP contribution is -2.47. The van der Waals surface area contributed by atoms with Crippen LogP contribution in [0.15, 0.2) is 71.1 Å². The Morgan fingerprint density at radius 2 is 1.78 bits per heavy atom. The number of ether oxygens (including phenoxy) is 1. The summed E-state index contributed by atoms with van der Waals surface area (Å²) in [6.07, 6.45) is 3.49. The van der Waals surface area contributed by atoms with Gasteiger partial charge < -0.3 is 14.5 Å². The number of rotatable bonds is 6. The van der Waals surface area contributed by atoms with Crippen molar-refractivity contribution in [1.29, 1.82) is 0 Å². The molecule has 1 amide bonds. The monoisotopic (exact) mass is 450 g/mol. The number of amidine groups is 1. The third-order valence-corrected chi connectivity index (χ3v) is 6.19. The van der Waals surface area contributed by atoms with Crippen LogP contribution < -0.4 is 9.64 Å². The quantitative estimate of drug-likeness (QED) is 0.285. The van der Waals surface area contributed by atoms with Gasteiger partial charge >= 0.3 is 0 Å². The van der Waals surface area contributed by atoms with Crippen LogP contribution in [0.5, 0.6) is 5.75 Å². The number of para-hydroxylation sites is 1. The van der Waals surface area contributed by atoms with Crippen molar-refractivity contribution in [3.05, 3.63) is 81.8 Å². The van der Waals surface area contributed by atoms with Crippen LogP contribution in [-0.2, 0) is 4.79 Å². The molecule has 2 aliphatic rings. The number of nitrogens with zero attached hydrogens (tertiary/aromatic N) is 4. The lowest BCUT2D eigenvalue weighted by Gasteiger charge is -2.36. The second-order valence-electron chi connectivity index (χ2n) is 7.20. The number of amides is 1. The van der Waals surface area contributed by atoms with Crippen molar-refractivity contribution in [3.8, 4) is 5.75 Å². The minimum absolute atomic E-state index is 0.0818. The number of anilines is 1. The molecule has 1 fully saturated rings. The molecule has 0 atom stereocenters. The van der Waals surface area contributed by atoms with E-state index in [0.29, 0.717) is 35.5 Å².